The molecule has 0 aliphatic carbocycles. The molecule has 1 aromatic carbocycles. The first-order chi connectivity index (χ1) is 8.08. The van der Waals surface area contributed by atoms with Gasteiger partial charge in [-0.3, -0.25) is 4.90 Å². The summed E-state index contributed by atoms with van der Waals surface area (Å²) in [4.78, 5) is 2.37. The Morgan fingerprint density at radius 1 is 1.24 bits per heavy atom. The van der Waals surface area contributed by atoms with E-state index in [4.69, 9.17) is 4.74 Å². The van der Waals surface area contributed by atoms with Gasteiger partial charge in [-0.25, -0.2) is 0 Å². The number of morpholine rings is 1. The van der Waals surface area contributed by atoms with Crippen LogP contribution < -0.4 is 0 Å². The summed E-state index contributed by atoms with van der Waals surface area (Å²) in [6, 6.07) is 7.80. The highest BCUT2D eigenvalue weighted by atomic mass is 16.5. The van der Waals surface area contributed by atoms with Crippen molar-refractivity contribution in [3.05, 3.63) is 29.8 Å². The van der Waals surface area contributed by atoms with Gasteiger partial charge in [-0.2, -0.15) is 0 Å². The van der Waals surface area contributed by atoms with Crippen molar-refractivity contribution < 1.29 is 9.84 Å². The molecule has 1 heterocycles. The van der Waals surface area contributed by atoms with Gasteiger partial charge in [-0.1, -0.05) is 18.2 Å². The van der Waals surface area contributed by atoms with Crippen molar-refractivity contribution in [2.45, 2.75) is 39.0 Å². The number of ether oxygens (including phenoxy) is 1. The van der Waals surface area contributed by atoms with E-state index in [1.54, 1.807) is 6.07 Å². The van der Waals surface area contributed by atoms with Crippen LogP contribution in [-0.4, -0.2) is 35.3 Å². The van der Waals surface area contributed by atoms with Crippen LogP contribution in [0.4, 0.5) is 0 Å². The van der Waals surface area contributed by atoms with E-state index >= 15 is 0 Å². The smallest absolute Gasteiger partial charge is 0.120 e. The molecule has 2 rings (SSSR count). The molecule has 0 bridgehead atoms. The fourth-order valence-electron chi connectivity index (χ4n) is 2.57. The summed E-state index contributed by atoms with van der Waals surface area (Å²) in [5.74, 6) is 0.381. The number of aromatic hydroxyl groups is 1. The van der Waals surface area contributed by atoms with Crippen molar-refractivity contribution in [3.8, 4) is 5.75 Å². The van der Waals surface area contributed by atoms with Gasteiger partial charge in [0.2, 0.25) is 0 Å². The minimum absolute atomic E-state index is 0.227. The SMILES string of the molecule is CC1CN(C(C)c2ccccc2O)CC(C)O1. The van der Waals surface area contributed by atoms with Crippen molar-refractivity contribution in [1.29, 1.82) is 0 Å². The largest absolute Gasteiger partial charge is 0.508 e. The number of hydrogen-bond donors (Lipinski definition) is 1. The summed E-state index contributed by atoms with van der Waals surface area (Å²) < 4.78 is 5.73. The molecule has 3 unspecified atom stereocenters. The summed E-state index contributed by atoms with van der Waals surface area (Å²) in [6.45, 7) is 8.17. The second kappa shape index (κ2) is 5.07. The summed E-state index contributed by atoms with van der Waals surface area (Å²) in [6.07, 6.45) is 0.513. The fourth-order valence-corrected chi connectivity index (χ4v) is 2.57. The Balaban J connectivity index is 2.14. The molecule has 1 aliphatic heterocycles. The number of phenols is 1. The lowest BCUT2D eigenvalue weighted by Gasteiger charge is -2.39. The molecule has 0 saturated carbocycles. The minimum atomic E-state index is 0.227. The zero-order valence-corrected chi connectivity index (χ0v) is 10.8. The summed E-state index contributed by atoms with van der Waals surface area (Å²) in [5, 5.41) is 9.89. The van der Waals surface area contributed by atoms with Crippen LogP contribution in [0, 0.1) is 0 Å². The first-order valence-corrected chi connectivity index (χ1v) is 6.25. The maximum Gasteiger partial charge on any atom is 0.120 e. The molecule has 1 fully saturated rings. The molecule has 17 heavy (non-hydrogen) atoms. The third-order valence-electron chi connectivity index (χ3n) is 3.38. The quantitative estimate of drug-likeness (QED) is 0.855. The number of phenolic OH excluding ortho intramolecular Hbond substituents is 1. The van der Waals surface area contributed by atoms with Gasteiger partial charge < -0.3 is 9.84 Å². The molecule has 1 aromatic rings. The second-order valence-corrected chi connectivity index (χ2v) is 4.95. The average Bonchev–Trinajstić information content (AvgIpc) is 2.27. The number of rotatable bonds is 2. The van der Waals surface area contributed by atoms with Crippen molar-refractivity contribution in [2.75, 3.05) is 13.1 Å². The molecule has 1 aliphatic rings. The van der Waals surface area contributed by atoms with Crippen LogP contribution in [0.5, 0.6) is 5.75 Å². The van der Waals surface area contributed by atoms with Gasteiger partial charge in [0.05, 0.1) is 12.2 Å². The predicted molar refractivity (Wildman–Crippen MR) is 68.1 cm³/mol. The Kier molecular flexibility index (Phi) is 3.69. The number of hydrogen-bond acceptors (Lipinski definition) is 3. The van der Waals surface area contributed by atoms with Crippen LogP contribution in [0.15, 0.2) is 24.3 Å². The lowest BCUT2D eigenvalue weighted by molar-refractivity contribution is -0.0791. The predicted octanol–water partition coefficient (Wildman–Crippen LogP) is 2.56. The lowest BCUT2D eigenvalue weighted by Crippen LogP contribution is -2.46. The van der Waals surface area contributed by atoms with Crippen molar-refractivity contribution in [2.24, 2.45) is 0 Å². The molecular weight excluding hydrogens is 214 g/mol. The standard InChI is InChI=1S/C14H21NO2/c1-10-8-15(9-11(2)17-10)12(3)13-6-4-5-7-14(13)16/h4-7,10-12,16H,8-9H2,1-3H3. The van der Waals surface area contributed by atoms with Crippen molar-refractivity contribution in [1.82, 2.24) is 4.90 Å². The highest BCUT2D eigenvalue weighted by Gasteiger charge is 2.27. The number of nitrogens with zero attached hydrogens (tertiary/aromatic N) is 1. The van der Waals surface area contributed by atoms with Gasteiger partial charge in [-0.05, 0) is 26.8 Å². The van der Waals surface area contributed by atoms with Crippen LogP contribution >= 0.6 is 0 Å². The summed E-state index contributed by atoms with van der Waals surface area (Å²) in [7, 11) is 0. The van der Waals surface area contributed by atoms with E-state index in [1.807, 2.05) is 18.2 Å². The summed E-state index contributed by atoms with van der Waals surface area (Å²) in [5.41, 5.74) is 0.994. The molecule has 3 heteroatoms. The molecule has 0 aromatic heterocycles. The third kappa shape index (κ3) is 2.79. The van der Waals surface area contributed by atoms with Gasteiger partial charge in [-0.15, -0.1) is 0 Å². The molecule has 3 atom stereocenters. The van der Waals surface area contributed by atoms with E-state index in [2.05, 4.69) is 25.7 Å². The highest BCUT2D eigenvalue weighted by molar-refractivity contribution is 5.34. The van der Waals surface area contributed by atoms with E-state index in [9.17, 15) is 5.11 Å². The molecule has 0 radical (unpaired) electrons. The zero-order valence-electron chi connectivity index (χ0n) is 10.8. The average molecular weight is 235 g/mol. The molecule has 3 nitrogen and oxygen atoms in total. The van der Waals surface area contributed by atoms with Crippen LogP contribution in [0.25, 0.3) is 0 Å². The maximum atomic E-state index is 9.89. The molecule has 1 N–H and O–H groups in total. The fraction of sp³-hybridized carbons (Fsp3) is 0.571. The Labute approximate surface area is 103 Å². The normalized spacial score (nSPS) is 27.9. The van der Waals surface area contributed by atoms with Gasteiger partial charge in [0, 0.05) is 24.7 Å². The van der Waals surface area contributed by atoms with E-state index in [0.29, 0.717) is 5.75 Å². The second-order valence-electron chi connectivity index (χ2n) is 4.95. The third-order valence-corrected chi connectivity index (χ3v) is 3.38. The Bertz CT molecular complexity index is 370. The number of para-hydroxylation sites is 1. The van der Waals surface area contributed by atoms with Gasteiger partial charge >= 0.3 is 0 Å². The van der Waals surface area contributed by atoms with Crippen molar-refractivity contribution in [3.63, 3.8) is 0 Å². The van der Waals surface area contributed by atoms with Crippen molar-refractivity contribution >= 4 is 0 Å². The minimum Gasteiger partial charge on any atom is -0.508 e. The first kappa shape index (κ1) is 12.4. The van der Waals surface area contributed by atoms with Gasteiger partial charge in [0.15, 0.2) is 0 Å². The monoisotopic (exact) mass is 235 g/mol. The highest BCUT2D eigenvalue weighted by Crippen LogP contribution is 2.29. The van der Waals surface area contributed by atoms with E-state index < -0.39 is 0 Å². The van der Waals surface area contributed by atoms with Crippen LogP contribution in [0.1, 0.15) is 32.4 Å². The van der Waals surface area contributed by atoms with E-state index in [1.165, 1.54) is 0 Å². The Morgan fingerprint density at radius 2 is 1.82 bits per heavy atom. The summed E-state index contributed by atoms with van der Waals surface area (Å²) >= 11 is 0. The molecule has 0 spiro atoms. The van der Waals surface area contributed by atoms with Gasteiger partial charge in [0.25, 0.3) is 0 Å². The first-order valence-electron chi connectivity index (χ1n) is 6.25. The topological polar surface area (TPSA) is 32.7 Å². The zero-order chi connectivity index (χ0) is 12.4. The van der Waals surface area contributed by atoms with E-state index in [0.717, 1.165) is 18.7 Å². The maximum absolute atomic E-state index is 9.89. The van der Waals surface area contributed by atoms with Gasteiger partial charge in [0.1, 0.15) is 5.75 Å². The molecule has 0 amide bonds. The van der Waals surface area contributed by atoms with Crippen LogP contribution in [0.2, 0.25) is 0 Å². The lowest BCUT2D eigenvalue weighted by atomic mass is 10.0. The van der Waals surface area contributed by atoms with E-state index in [-0.39, 0.29) is 18.2 Å². The molecular formula is C14H21NO2. The number of benzene rings is 1. The van der Waals surface area contributed by atoms with Crippen LogP contribution in [-0.2, 0) is 4.74 Å². The van der Waals surface area contributed by atoms with Crippen LogP contribution in [0.3, 0.4) is 0 Å². The molecule has 1 saturated heterocycles. The Hall–Kier alpha value is -1.06. The Morgan fingerprint density at radius 3 is 2.41 bits per heavy atom. The molecule has 94 valence electrons.